The quantitative estimate of drug-likeness (QED) is 0.755. The number of nitrogens with zero attached hydrogens (tertiary/aromatic N) is 3. The van der Waals surface area contributed by atoms with Crippen molar-refractivity contribution in [1.29, 1.82) is 0 Å². The van der Waals surface area contributed by atoms with Crippen molar-refractivity contribution in [3.63, 3.8) is 0 Å². The number of aromatic amines is 1. The molecule has 1 aromatic heterocycles. The summed E-state index contributed by atoms with van der Waals surface area (Å²) in [4.78, 5) is 29.7. The number of hydrogen-bond acceptors (Lipinski definition) is 5. The molecule has 1 fully saturated rings. The van der Waals surface area contributed by atoms with Crippen LogP contribution in [-0.4, -0.2) is 45.0 Å². The highest BCUT2D eigenvalue weighted by molar-refractivity contribution is 7.99. The second-order valence-corrected chi connectivity index (χ2v) is 7.60. The van der Waals surface area contributed by atoms with Crippen LogP contribution in [0, 0.1) is 0 Å². The monoisotopic (exact) mass is 411 g/mol. The van der Waals surface area contributed by atoms with Gasteiger partial charge in [-0.3, -0.25) is 19.6 Å². The van der Waals surface area contributed by atoms with E-state index in [4.69, 9.17) is 0 Å². The molecule has 28 heavy (non-hydrogen) atoms. The van der Waals surface area contributed by atoms with E-state index in [1.807, 2.05) is 0 Å². The number of para-hydroxylation sites is 2. The van der Waals surface area contributed by atoms with E-state index in [2.05, 4.69) is 20.5 Å². The van der Waals surface area contributed by atoms with Gasteiger partial charge in [0.15, 0.2) is 0 Å². The van der Waals surface area contributed by atoms with E-state index >= 15 is 0 Å². The number of aromatic nitrogens is 3. The summed E-state index contributed by atoms with van der Waals surface area (Å²) in [6.07, 6.45) is -3.56. The average Bonchev–Trinajstić information content (AvgIpc) is 3.40. The molecular formula is C17H16F3N5O2S. The summed E-state index contributed by atoms with van der Waals surface area (Å²) in [7, 11) is 0. The van der Waals surface area contributed by atoms with Gasteiger partial charge in [-0.05, 0) is 25.0 Å². The number of thioether (sulfide) groups is 1. The van der Waals surface area contributed by atoms with Crippen LogP contribution in [0.4, 0.5) is 24.5 Å². The highest BCUT2D eigenvalue weighted by Crippen LogP contribution is 2.39. The first kappa shape index (κ1) is 18.8. The summed E-state index contributed by atoms with van der Waals surface area (Å²) in [5.74, 6) is -0.758. The zero-order valence-electron chi connectivity index (χ0n) is 14.5. The van der Waals surface area contributed by atoms with E-state index in [1.54, 1.807) is 6.07 Å². The third-order valence-corrected chi connectivity index (χ3v) is 5.38. The first-order chi connectivity index (χ1) is 13.3. The van der Waals surface area contributed by atoms with Gasteiger partial charge in [0.2, 0.25) is 17.0 Å². The van der Waals surface area contributed by atoms with Crippen LogP contribution in [0.25, 0.3) is 0 Å². The molecule has 0 bridgehead atoms. The Morgan fingerprint density at radius 2 is 2.04 bits per heavy atom. The highest BCUT2D eigenvalue weighted by Gasteiger charge is 2.48. The fourth-order valence-electron chi connectivity index (χ4n) is 3.05. The van der Waals surface area contributed by atoms with Crippen LogP contribution in [0.2, 0.25) is 0 Å². The Labute approximate surface area is 162 Å². The zero-order valence-corrected chi connectivity index (χ0v) is 15.3. The van der Waals surface area contributed by atoms with Crippen LogP contribution in [0.5, 0.6) is 0 Å². The lowest BCUT2D eigenvalue weighted by atomic mass is 10.1. The first-order valence-electron chi connectivity index (χ1n) is 8.65. The van der Waals surface area contributed by atoms with E-state index in [9.17, 15) is 22.8 Å². The standard InChI is InChI=1S/C17H16F3N5O2S/c18-17(19,20)12-7-13(26)21-10-3-1-2-4-11(10)25(12)14(27)8-28-16-22-15(23-24-16)9-5-6-9/h1-4,9,12H,5-8H2,(H,21,26)(H,22,23,24)/t12-/m0/s1. The number of nitrogens with one attached hydrogen (secondary N) is 2. The van der Waals surface area contributed by atoms with Crippen LogP contribution in [0.15, 0.2) is 29.4 Å². The molecule has 1 atom stereocenters. The minimum absolute atomic E-state index is 0.0231. The van der Waals surface area contributed by atoms with Gasteiger partial charge in [-0.2, -0.15) is 13.2 Å². The number of carbonyl (C=O) groups is 2. The maximum absolute atomic E-state index is 13.7. The molecule has 1 aliphatic heterocycles. The van der Waals surface area contributed by atoms with Crippen molar-refractivity contribution < 1.29 is 22.8 Å². The third-order valence-electron chi connectivity index (χ3n) is 4.55. The summed E-state index contributed by atoms with van der Waals surface area (Å²) in [6.45, 7) is 0. The van der Waals surface area contributed by atoms with Crippen molar-refractivity contribution in [1.82, 2.24) is 15.2 Å². The van der Waals surface area contributed by atoms with Crippen LogP contribution in [0.3, 0.4) is 0 Å². The Bertz CT molecular complexity index is 912. The molecule has 2 N–H and O–H groups in total. The van der Waals surface area contributed by atoms with Gasteiger partial charge in [0.05, 0.1) is 23.5 Å². The molecule has 2 amide bonds. The van der Waals surface area contributed by atoms with Gasteiger partial charge in [0.1, 0.15) is 11.9 Å². The number of fused-ring (bicyclic) bond motifs is 1. The van der Waals surface area contributed by atoms with E-state index in [-0.39, 0.29) is 17.1 Å². The van der Waals surface area contributed by atoms with Crippen molar-refractivity contribution in [2.75, 3.05) is 16.0 Å². The number of carbonyl (C=O) groups excluding carboxylic acids is 2. The lowest BCUT2D eigenvalue weighted by molar-refractivity contribution is -0.157. The number of rotatable bonds is 4. The third kappa shape index (κ3) is 3.84. The number of amides is 2. The van der Waals surface area contributed by atoms with Gasteiger partial charge in [0, 0.05) is 5.92 Å². The second-order valence-electron chi connectivity index (χ2n) is 6.66. The van der Waals surface area contributed by atoms with Crippen molar-refractivity contribution in [3.8, 4) is 0 Å². The molecule has 4 rings (SSSR count). The number of alkyl halides is 3. The van der Waals surface area contributed by atoms with E-state index in [0.29, 0.717) is 16.0 Å². The molecule has 1 saturated carbocycles. The van der Waals surface area contributed by atoms with Crippen LogP contribution in [-0.2, 0) is 9.59 Å². The topological polar surface area (TPSA) is 91.0 Å². The zero-order chi connectivity index (χ0) is 19.9. The fourth-order valence-corrected chi connectivity index (χ4v) is 3.72. The second kappa shape index (κ2) is 7.12. The SMILES string of the molecule is O=C1C[C@@H](C(F)(F)F)N(C(=O)CSc2n[nH]c(C3CC3)n2)c2ccccc2N1. The van der Waals surface area contributed by atoms with Crippen LogP contribution < -0.4 is 10.2 Å². The fraction of sp³-hybridized carbons (Fsp3) is 0.412. The van der Waals surface area contributed by atoms with Gasteiger partial charge >= 0.3 is 6.18 Å². The largest absolute Gasteiger partial charge is 0.409 e. The number of benzene rings is 1. The maximum Gasteiger partial charge on any atom is 0.409 e. The summed E-state index contributed by atoms with van der Waals surface area (Å²) in [5.41, 5.74) is 0.196. The minimum atomic E-state index is -4.75. The molecule has 1 aromatic carbocycles. The Balaban J connectivity index is 1.59. The molecule has 2 heterocycles. The molecule has 0 spiro atoms. The molecule has 7 nitrogen and oxygen atoms in total. The molecule has 0 unspecified atom stereocenters. The molecule has 0 saturated heterocycles. The number of hydrogen-bond donors (Lipinski definition) is 2. The van der Waals surface area contributed by atoms with Crippen molar-refractivity contribution in [2.45, 2.75) is 42.6 Å². The number of anilines is 2. The van der Waals surface area contributed by atoms with Gasteiger partial charge < -0.3 is 5.32 Å². The predicted molar refractivity (Wildman–Crippen MR) is 96.1 cm³/mol. The predicted octanol–water partition coefficient (Wildman–Crippen LogP) is 3.08. The lowest BCUT2D eigenvalue weighted by Crippen LogP contribution is -2.50. The number of H-pyrrole nitrogens is 1. The molecule has 11 heteroatoms. The molecular weight excluding hydrogens is 395 g/mol. The van der Waals surface area contributed by atoms with E-state index in [1.165, 1.54) is 18.2 Å². The maximum atomic E-state index is 13.7. The van der Waals surface area contributed by atoms with Crippen molar-refractivity contribution >= 4 is 35.0 Å². The van der Waals surface area contributed by atoms with E-state index < -0.39 is 30.5 Å². The van der Waals surface area contributed by atoms with Gasteiger partial charge in [-0.25, -0.2) is 4.98 Å². The van der Waals surface area contributed by atoms with E-state index in [0.717, 1.165) is 30.4 Å². The number of halogens is 3. The Hall–Kier alpha value is -2.56. The first-order valence-corrected chi connectivity index (χ1v) is 9.64. The van der Waals surface area contributed by atoms with Crippen molar-refractivity contribution in [2.24, 2.45) is 0 Å². The van der Waals surface area contributed by atoms with Gasteiger partial charge in [0.25, 0.3) is 0 Å². The normalized spacial score (nSPS) is 19.8. The average molecular weight is 411 g/mol. The molecule has 1 aliphatic carbocycles. The summed E-state index contributed by atoms with van der Waals surface area (Å²) in [6, 6.07) is 3.72. The van der Waals surface area contributed by atoms with Crippen molar-refractivity contribution in [3.05, 3.63) is 30.1 Å². The Morgan fingerprint density at radius 3 is 2.75 bits per heavy atom. The molecule has 2 aliphatic rings. The van der Waals surface area contributed by atoms with Crippen LogP contribution >= 0.6 is 11.8 Å². The van der Waals surface area contributed by atoms with Gasteiger partial charge in [-0.1, -0.05) is 23.9 Å². The lowest BCUT2D eigenvalue weighted by Gasteiger charge is -2.31. The smallest absolute Gasteiger partial charge is 0.324 e. The minimum Gasteiger partial charge on any atom is -0.324 e. The molecule has 2 aromatic rings. The molecule has 0 radical (unpaired) electrons. The summed E-state index contributed by atoms with van der Waals surface area (Å²) < 4.78 is 41.0. The molecule has 148 valence electrons. The highest BCUT2D eigenvalue weighted by atomic mass is 32.2. The van der Waals surface area contributed by atoms with Crippen LogP contribution in [0.1, 0.15) is 31.0 Å². The van der Waals surface area contributed by atoms with Gasteiger partial charge in [-0.15, -0.1) is 5.10 Å². The summed E-state index contributed by atoms with van der Waals surface area (Å²) in [5, 5.41) is 9.55. The Morgan fingerprint density at radius 1 is 1.29 bits per heavy atom. The Kier molecular flexibility index (Phi) is 4.77. The summed E-state index contributed by atoms with van der Waals surface area (Å²) >= 11 is 0.966.